The lowest BCUT2D eigenvalue weighted by Gasteiger charge is -2.05. The molecule has 0 heterocycles. The van der Waals surface area contributed by atoms with Crippen LogP contribution in [0, 0.1) is 0 Å². The van der Waals surface area contributed by atoms with E-state index in [1.807, 2.05) is 13.1 Å². The van der Waals surface area contributed by atoms with Crippen LogP contribution in [0.5, 0.6) is 0 Å². The zero-order valence-electron chi connectivity index (χ0n) is 9.15. The van der Waals surface area contributed by atoms with Gasteiger partial charge in [0.2, 0.25) is 0 Å². The first-order valence-corrected chi connectivity index (χ1v) is 7.76. The van der Waals surface area contributed by atoms with Gasteiger partial charge in [-0.25, -0.2) is 0 Å². The van der Waals surface area contributed by atoms with Crippen LogP contribution in [0.25, 0.3) is 0 Å². The summed E-state index contributed by atoms with van der Waals surface area (Å²) < 4.78 is 0. The fraction of sp³-hybridized carbons (Fsp3) is 0.900. The van der Waals surface area contributed by atoms with Crippen LogP contribution in [-0.2, 0) is 0 Å². The minimum atomic E-state index is -0.759. The standard InChI is InChI=1S/C10H22NOSi/c1-4-5-6-7-8-9-11-10(12)13(2)3/h4-9H2,1-3H3,(H,11,12). The van der Waals surface area contributed by atoms with E-state index in [1.165, 1.54) is 25.7 Å². The zero-order chi connectivity index (χ0) is 10.1. The second-order valence-electron chi connectivity index (χ2n) is 3.67. The van der Waals surface area contributed by atoms with Crippen molar-refractivity contribution < 1.29 is 4.79 Å². The number of amides is 1. The molecular formula is C10H22NOSi. The second kappa shape index (κ2) is 8.29. The summed E-state index contributed by atoms with van der Waals surface area (Å²) in [6, 6.07) is 0. The van der Waals surface area contributed by atoms with Gasteiger partial charge in [0, 0.05) is 6.54 Å². The van der Waals surface area contributed by atoms with Crippen LogP contribution < -0.4 is 5.32 Å². The summed E-state index contributed by atoms with van der Waals surface area (Å²) in [5, 5.41) is 2.97. The first-order valence-electron chi connectivity index (χ1n) is 5.26. The molecule has 0 unspecified atom stereocenters. The van der Waals surface area contributed by atoms with E-state index in [0.29, 0.717) is 0 Å². The van der Waals surface area contributed by atoms with Crippen LogP contribution >= 0.6 is 0 Å². The Balaban J connectivity index is 3.12. The number of hydrogen-bond acceptors (Lipinski definition) is 1. The molecular weight excluding hydrogens is 178 g/mol. The highest BCUT2D eigenvalue weighted by molar-refractivity contribution is 6.87. The lowest BCUT2D eigenvalue weighted by molar-refractivity contribution is 0.258. The molecule has 0 rings (SSSR count). The van der Waals surface area contributed by atoms with E-state index in [0.717, 1.165) is 13.0 Å². The van der Waals surface area contributed by atoms with Gasteiger partial charge < -0.3 is 5.32 Å². The molecule has 0 aliphatic carbocycles. The molecule has 1 radical (unpaired) electrons. The van der Waals surface area contributed by atoms with E-state index in [1.54, 1.807) is 0 Å². The summed E-state index contributed by atoms with van der Waals surface area (Å²) in [5.41, 5.74) is 0.278. The minimum absolute atomic E-state index is 0.278. The molecule has 1 N–H and O–H groups in total. The molecule has 0 atom stereocenters. The van der Waals surface area contributed by atoms with Gasteiger partial charge in [0.05, 0.1) is 0 Å². The van der Waals surface area contributed by atoms with Crippen LogP contribution in [0.2, 0.25) is 13.1 Å². The molecule has 77 valence electrons. The molecule has 0 bridgehead atoms. The molecule has 1 amide bonds. The Morgan fingerprint density at radius 3 is 2.31 bits per heavy atom. The number of nitrogens with one attached hydrogen (secondary N) is 1. The van der Waals surface area contributed by atoms with Gasteiger partial charge in [-0.2, -0.15) is 0 Å². The molecule has 0 saturated heterocycles. The van der Waals surface area contributed by atoms with Gasteiger partial charge in [0.15, 0.2) is 14.3 Å². The quantitative estimate of drug-likeness (QED) is 0.497. The first-order chi connectivity index (χ1) is 6.18. The number of carbonyl (C=O) groups excluding carboxylic acids is 1. The van der Waals surface area contributed by atoms with Crippen LogP contribution in [0.1, 0.15) is 39.0 Å². The number of rotatable bonds is 7. The molecule has 0 aliphatic heterocycles. The van der Waals surface area contributed by atoms with Crippen molar-refractivity contribution >= 4 is 14.3 Å². The molecule has 3 heteroatoms. The van der Waals surface area contributed by atoms with Crippen molar-refractivity contribution in [2.75, 3.05) is 6.54 Å². The SMILES string of the molecule is CCCCCCCNC(=O)[Si](C)C. The average molecular weight is 200 g/mol. The Kier molecular flexibility index (Phi) is 8.09. The third kappa shape index (κ3) is 8.03. The van der Waals surface area contributed by atoms with Crippen molar-refractivity contribution in [1.82, 2.24) is 5.32 Å². The Labute approximate surface area is 83.7 Å². The third-order valence-corrected chi connectivity index (χ3v) is 3.11. The summed E-state index contributed by atoms with van der Waals surface area (Å²) in [5.74, 6) is 0. The monoisotopic (exact) mass is 200 g/mol. The summed E-state index contributed by atoms with van der Waals surface area (Å²) in [4.78, 5) is 11.2. The fourth-order valence-corrected chi connectivity index (χ4v) is 1.59. The van der Waals surface area contributed by atoms with E-state index in [2.05, 4.69) is 12.2 Å². The molecule has 0 saturated carbocycles. The average Bonchev–Trinajstić information content (AvgIpc) is 2.10. The maximum Gasteiger partial charge on any atom is 0.189 e. The predicted molar refractivity (Wildman–Crippen MR) is 59.6 cm³/mol. The van der Waals surface area contributed by atoms with Crippen molar-refractivity contribution in [1.29, 1.82) is 0 Å². The summed E-state index contributed by atoms with van der Waals surface area (Å²) >= 11 is 0. The van der Waals surface area contributed by atoms with Gasteiger partial charge in [0.25, 0.3) is 0 Å². The van der Waals surface area contributed by atoms with Gasteiger partial charge in [-0.1, -0.05) is 45.7 Å². The molecule has 0 fully saturated rings. The summed E-state index contributed by atoms with van der Waals surface area (Å²) in [6.45, 7) is 7.14. The number of carbonyl (C=O) groups is 1. The Bertz CT molecular complexity index is 137. The van der Waals surface area contributed by atoms with Crippen molar-refractivity contribution in [3.63, 3.8) is 0 Å². The van der Waals surface area contributed by atoms with Crippen molar-refractivity contribution in [2.45, 2.75) is 52.1 Å². The topological polar surface area (TPSA) is 29.1 Å². The molecule has 0 aliphatic rings. The third-order valence-electron chi connectivity index (χ3n) is 2.02. The van der Waals surface area contributed by atoms with Gasteiger partial charge >= 0.3 is 0 Å². The van der Waals surface area contributed by atoms with E-state index in [-0.39, 0.29) is 5.53 Å². The van der Waals surface area contributed by atoms with E-state index in [9.17, 15) is 4.79 Å². The zero-order valence-corrected chi connectivity index (χ0v) is 10.2. The maximum atomic E-state index is 11.2. The molecule has 13 heavy (non-hydrogen) atoms. The predicted octanol–water partition coefficient (Wildman–Crippen LogP) is 3.00. The molecule has 2 nitrogen and oxygen atoms in total. The van der Waals surface area contributed by atoms with Crippen molar-refractivity contribution in [3.8, 4) is 0 Å². The van der Waals surface area contributed by atoms with Gasteiger partial charge in [-0.15, -0.1) is 0 Å². The van der Waals surface area contributed by atoms with Crippen molar-refractivity contribution in [2.24, 2.45) is 0 Å². The Morgan fingerprint density at radius 1 is 1.15 bits per heavy atom. The smallest absolute Gasteiger partial charge is 0.189 e. The number of hydrogen-bond donors (Lipinski definition) is 1. The van der Waals surface area contributed by atoms with Gasteiger partial charge in [0.1, 0.15) is 0 Å². The molecule has 0 aromatic heterocycles. The lowest BCUT2D eigenvalue weighted by Crippen LogP contribution is -2.32. The van der Waals surface area contributed by atoms with Gasteiger partial charge in [-0.3, -0.25) is 4.79 Å². The fourth-order valence-electron chi connectivity index (χ4n) is 1.11. The van der Waals surface area contributed by atoms with E-state index in [4.69, 9.17) is 0 Å². The highest BCUT2D eigenvalue weighted by Gasteiger charge is 2.06. The maximum absolute atomic E-state index is 11.2. The highest BCUT2D eigenvalue weighted by atomic mass is 28.3. The first kappa shape index (κ1) is 12.7. The molecule has 0 spiro atoms. The van der Waals surface area contributed by atoms with Crippen molar-refractivity contribution in [3.05, 3.63) is 0 Å². The lowest BCUT2D eigenvalue weighted by atomic mass is 10.1. The van der Waals surface area contributed by atoms with E-state index >= 15 is 0 Å². The largest absolute Gasteiger partial charge is 0.361 e. The van der Waals surface area contributed by atoms with Gasteiger partial charge in [-0.05, 0) is 6.42 Å². The Hall–Kier alpha value is -0.313. The molecule has 0 aromatic rings. The highest BCUT2D eigenvalue weighted by Crippen LogP contribution is 2.01. The van der Waals surface area contributed by atoms with Crippen LogP contribution in [0.15, 0.2) is 0 Å². The van der Waals surface area contributed by atoms with Crippen LogP contribution in [0.4, 0.5) is 4.79 Å². The Morgan fingerprint density at radius 2 is 1.77 bits per heavy atom. The summed E-state index contributed by atoms with van der Waals surface area (Å²) in [6.07, 6.45) is 6.31. The second-order valence-corrected chi connectivity index (χ2v) is 6.12. The normalized spacial score (nSPS) is 10.5. The van der Waals surface area contributed by atoms with Crippen LogP contribution in [0.3, 0.4) is 0 Å². The van der Waals surface area contributed by atoms with Crippen LogP contribution in [-0.4, -0.2) is 20.9 Å². The number of unbranched alkanes of at least 4 members (excludes halogenated alkanes) is 4. The van der Waals surface area contributed by atoms with E-state index < -0.39 is 8.80 Å². The molecule has 0 aromatic carbocycles. The minimum Gasteiger partial charge on any atom is -0.361 e. The summed E-state index contributed by atoms with van der Waals surface area (Å²) in [7, 11) is -0.759.